The van der Waals surface area contributed by atoms with Gasteiger partial charge in [0.25, 0.3) is 0 Å². The highest BCUT2D eigenvalue weighted by atomic mass is 79.9. The average Bonchev–Trinajstić information content (AvgIpc) is 2.66. The van der Waals surface area contributed by atoms with Crippen LogP contribution in [0.4, 0.5) is 4.39 Å². The third kappa shape index (κ3) is 2.08. The van der Waals surface area contributed by atoms with Gasteiger partial charge in [0.15, 0.2) is 5.76 Å². The second-order valence-electron chi connectivity index (χ2n) is 3.01. The first kappa shape index (κ1) is 10.3. The zero-order chi connectivity index (χ0) is 10.8. The lowest BCUT2D eigenvalue weighted by molar-refractivity contribution is 0.386. The van der Waals surface area contributed by atoms with Crippen LogP contribution < -0.4 is 5.73 Å². The molecule has 0 amide bonds. The summed E-state index contributed by atoms with van der Waals surface area (Å²) in [6.45, 7) is 0.255. The lowest BCUT2D eigenvalue weighted by atomic mass is 10.1. The number of benzene rings is 1. The maximum atomic E-state index is 13.5. The summed E-state index contributed by atoms with van der Waals surface area (Å²) in [4.78, 5) is 0. The number of hydrogen-bond donors (Lipinski definition) is 1. The van der Waals surface area contributed by atoms with E-state index < -0.39 is 0 Å². The quantitative estimate of drug-likeness (QED) is 0.913. The van der Waals surface area contributed by atoms with E-state index in [4.69, 9.17) is 10.3 Å². The Labute approximate surface area is 94.2 Å². The van der Waals surface area contributed by atoms with Gasteiger partial charge in [-0.25, -0.2) is 4.39 Å². The standard InChI is InChI=1S/C10H8BrFN2O/c11-6-1-2-8(9(12)3-6)10-4-7(5-13)15-14-10/h1-4H,5,13H2. The predicted molar refractivity (Wildman–Crippen MR) is 57.5 cm³/mol. The molecule has 78 valence electrons. The van der Waals surface area contributed by atoms with Crippen LogP contribution in [0.5, 0.6) is 0 Å². The minimum Gasteiger partial charge on any atom is -0.359 e. The van der Waals surface area contributed by atoms with Crippen LogP contribution in [-0.4, -0.2) is 5.16 Å². The molecule has 0 fully saturated rings. The molecule has 1 aromatic heterocycles. The van der Waals surface area contributed by atoms with Crippen molar-refractivity contribution in [2.75, 3.05) is 0 Å². The van der Waals surface area contributed by atoms with Crippen molar-refractivity contribution >= 4 is 15.9 Å². The molecule has 2 aromatic rings. The summed E-state index contributed by atoms with van der Waals surface area (Å²) in [6.07, 6.45) is 0. The number of aromatic nitrogens is 1. The molecule has 0 aliphatic carbocycles. The third-order valence-corrected chi connectivity index (χ3v) is 2.46. The lowest BCUT2D eigenvalue weighted by Gasteiger charge is -1.98. The third-order valence-electron chi connectivity index (χ3n) is 1.97. The highest BCUT2D eigenvalue weighted by Gasteiger charge is 2.10. The van der Waals surface area contributed by atoms with Gasteiger partial charge in [0.05, 0.1) is 6.54 Å². The summed E-state index contributed by atoms with van der Waals surface area (Å²) in [5.74, 6) is 0.188. The fraction of sp³-hybridized carbons (Fsp3) is 0.100. The summed E-state index contributed by atoms with van der Waals surface area (Å²) in [7, 11) is 0. The molecular weight excluding hydrogens is 263 g/mol. The van der Waals surface area contributed by atoms with Gasteiger partial charge in [-0.2, -0.15) is 0 Å². The molecule has 1 heterocycles. The number of rotatable bonds is 2. The molecule has 0 atom stereocenters. The minimum atomic E-state index is -0.346. The van der Waals surface area contributed by atoms with Crippen molar-refractivity contribution in [2.24, 2.45) is 5.73 Å². The van der Waals surface area contributed by atoms with Crippen LogP contribution in [-0.2, 0) is 6.54 Å². The van der Waals surface area contributed by atoms with E-state index in [9.17, 15) is 4.39 Å². The molecule has 0 saturated heterocycles. The van der Waals surface area contributed by atoms with Gasteiger partial charge in [-0.15, -0.1) is 0 Å². The van der Waals surface area contributed by atoms with Crippen LogP contribution in [0.1, 0.15) is 5.76 Å². The summed E-state index contributed by atoms with van der Waals surface area (Å²) < 4.78 is 19.1. The van der Waals surface area contributed by atoms with Crippen LogP contribution in [0.2, 0.25) is 0 Å². The van der Waals surface area contributed by atoms with Gasteiger partial charge in [-0.3, -0.25) is 0 Å². The molecule has 3 nitrogen and oxygen atoms in total. The number of hydrogen-bond acceptors (Lipinski definition) is 3. The van der Waals surface area contributed by atoms with Crippen LogP contribution in [0.15, 0.2) is 33.3 Å². The van der Waals surface area contributed by atoms with E-state index >= 15 is 0 Å². The Hall–Kier alpha value is -1.20. The van der Waals surface area contributed by atoms with Crippen molar-refractivity contribution < 1.29 is 8.91 Å². The number of nitrogens with two attached hydrogens (primary N) is 1. The Bertz CT molecular complexity index is 484. The van der Waals surface area contributed by atoms with Gasteiger partial charge in [-0.05, 0) is 18.2 Å². The topological polar surface area (TPSA) is 52.0 Å². The number of halogens is 2. The Morgan fingerprint density at radius 3 is 2.80 bits per heavy atom. The Morgan fingerprint density at radius 2 is 2.20 bits per heavy atom. The van der Waals surface area contributed by atoms with E-state index in [-0.39, 0.29) is 12.4 Å². The molecule has 0 spiro atoms. The maximum absolute atomic E-state index is 13.5. The zero-order valence-electron chi connectivity index (χ0n) is 7.71. The molecule has 2 N–H and O–H groups in total. The summed E-state index contributed by atoms with van der Waals surface area (Å²) >= 11 is 3.18. The van der Waals surface area contributed by atoms with Gasteiger partial charge in [-0.1, -0.05) is 21.1 Å². The Kier molecular flexibility index (Phi) is 2.83. The smallest absolute Gasteiger partial charge is 0.150 e. The maximum Gasteiger partial charge on any atom is 0.150 e. The molecule has 1 aromatic carbocycles. The molecule has 0 aliphatic heterocycles. The second-order valence-corrected chi connectivity index (χ2v) is 3.92. The van der Waals surface area contributed by atoms with Crippen LogP contribution in [0.3, 0.4) is 0 Å². The lowest BCUT2D eigenvalue weighted by Crippen LogP contribution is -1.92. The van der Waals surface area contributed by atoms with E-state index in [2.05, 4.69) is 21.1 Å². The molecule has 2 rings (SSSR count). The van der Waals surface area contributed by atoms with Gasteiger partial charge < -0.3 is 10.3 Å². The molecule has 0 saturated carbocycles. The molecule has 15 heavy (non-hydrogen) atoms. The first-order valence-electron chi connectivity index (χ1n) is 4.32. The van der Waals surface area contributed by atoms with Gasteiger partial charge in [0.1, 0.15) is 11.5 Å². The van der Waals surface area contributed by atoms with Gasteiger partial charge in [0, 0.05) is 16.1 Å². The van der Waals surface area contributed by atoms with E-state index in [1.54, 1.807) is 18.2 Å². The molecule has 0 unspecified atom stereocenters. The van der Waals surface area contributed by atoms with E-state index in [0.717, 1.165) is 0 Å². The summed E-state index contributed by atoms with van der Waals surface area (Å²) in [5.41, 5.74) is 6.23. The van der Waals surface area contributed by atoms with Crippen molar-refractivity contribution in [3.05, 3.63) is 40.3 Å². The number of nitrogens with zero attached hydrogens (tertiary/aromatic N) is 1. The van der Waals surface area contributed by atoms with Crippen molar-refractivity contribution in [1.29, 1.82) is 0 Å². The zero-order valence-corrected chi connectivity index (χ0v) is 9.29. The van der Waals surface area contributed by atoms with Crippen molar-refractivity contribution in [2.45, 2.75) is 6.54 Å². The highest BCUT2D eigenvalue weighted by molar-refractivity contribution is 9.10. The monoisotopic (exact) mass is 270 g/mol. The first-order chi connectivity index (χ1) is 7.20. The molecule has 5 heteroatoms. The Morgan fingerprint density at radius 1 is 1.40 bits per heavy atom. The summed E-state index contributed by atoms with van der Waals surface area (Å²) in [6, 6.07) is 6.39. The van der Waals surface area contributed by atoms with Crippen LogP contribution >= 0.6 is 15.9 Å². The van der Waals surface area contributed by atoms with E-state index in [1.165, 1.54) is 6.07 Å². The summed E-state index contributed by atoms with van der Waals surface area (Å²) in [5, 5.41) is 3.74. The first-order valence-corrected chi connectivity index (χ1v) is 5.11. The average molecular weight is 271 g/mol. The normalized spacial score (nSPS) is 10.6. The SMILES string of the molecule is NCc1cc(-c2ccc(Br)cc2F)no1. The van der Waals surface area contributed by atoms with E-state index in [1.807, 2.05) is 0 Å². The van der Waals surface area contributed by atoms with Crippen LogP contribution in [0, 0.1) is 5.82 Å². The second kappa shape index (κ2) is 4.12. The predicted octanol–water partition coefficient (Wildman–Crippen LogP) is 2.70. The fourth-order valence-electron chi connectivity index (χ4n) is 1.23. The molecule has 0 bridgehead atoms. The van der Waals surface area contributed by atoms with Crippen molar-refractivity contribution in [3.63, 3.8) is 0 Å². The van der Waals surface area contributed by atoms with Crippen LogP contribution in [0.25, 0.3) is 11.3 Å². The highest BCUT2D eigenvalue weighted by Crippen LogP contribution is 2.24. The minimum absolute atomic E-state index is 0.255. The molecule has 0 radical (unpaired) electrons. The molecular formula is C10H8BrFN2O. The fourth-order valence-corrected chi connectivity index (χ4v) is 1.57. The van der Waals surface area contributed by atoms with Gasteiger partial charge >= 0.3 is 0 Å². The van der Waals surface area contributed by atoms with Gasteiger partial charge in [0.2, 0.25) is 0 Å². The van der Waals surface area contributed by atoms with Crippen molar-refractivity contribution in [1.82, 2.24) is 5.16 Å². The Balaban J connectivity index is 2.44. The van der Waals surface area contributed by atoms with Crippen molar-refractivity contribution in [3.8, 4) is 11.3 Å². The van der Waals surface area contributed by atoms with E-state index in [0.29, 0.717) is 21.5 Å². The largest absolute Gasteiger partial charge is 0.359 e. The molecule has 0 aliphatic rings.